The largest absolute Gasteiger partial charge is 0.326 e. The zero-order valence-corrected chi connectivity index (χ0v) is 18.1. The van der Waals surface area contributed by atoms with Crippen LogP contribution in [0.15, 0.2) is 47.4 Å². The molecule has 0 unspecified atom stereocenters. The third-order valence-corrected chi connectivity index (χ3v) is 7.24. The average molecular weight is 437 g/mol. The van der Waals surface area contributed by atoms with E-state index in [1.807, 2.05) is 24.3 Å². The van der Waals surface area contributed by atoms with Crippen molar-refractivity contribution in [2.24, 2.45) is 5.92 Å². The minimum Gasteiger partial charge on any atom is -0.326 e. The Bertz CT molecular complexity index is 1040. The number of benzene rings is 2. The van der Waals surface area contributed by atoms with Crippen LogP contribution in [-0.2, 0) is 20.2 Å². The standard InChI is InChI=1S/C22H26F2N2O3S/c1-22(2,3)17-6-4-5-7-20(17)25-21(27)15-10-12-26(13-11-15)30(28,29)16-8-9-18(23)19(24)14-16/h4-9,14-15H,10-13H2,1-3H3,(H,25,27). The number of para-hydroxylation sites is 1. The van der Waals surface area contributed by atoms with Gasteiger partial charge in [0.05, 0.1) is 4.90 Å². The van der Waals surface area contributed by atoms with E-state index in [9.17, 15) is 22.0 Å². The van der Waals surface area contributed by atoms with Gasteiger partial charge in [-0.05, 0) is 48.1 Å². The molecule has 0 spiro atoms. The molecule has 1 saturated heterocycles. The summed E-state index contributed by atoms with van der Waals surface area (Å²) in [6, 6.07) is 10.2. The lowest BCUT2D eigenvalue weighted by atomic mass is 9.85. The topological polar surface area (TPSA) is 66.5 Å². The minimum absolute atomic E-state index is 0.133. The highest BCUT2D eigenvalue weighted by molar-refractivity contribution is 7.89. The van der Waals surface area contributed by atoms with Gasteiger partial charge in [0, 0.05) is 24.7 Å². The Morgan fingerprint density at radius 2 is 1.67 bits per heavy atom. The molecule has 2 aromatic carbocycles. The van der Waals surface area contributed by atoms with Crippen LogP contribution in [0.2, 0.25) is 0 Å². The van der Waals surface area contributed by atoms with Crippen LogP contribution in [0.5, 0.6) is 0 Å². The number of hydrogen-bond donors (Lipinski definition) is 1. The summed E-state index contributed by atoms with van der Waals surface area (Å²) >= 11 is 0. The lowest BCUT2D eigenvalue weighted by Crippen LogP contribution is -2.41. The van der Waals surface area contributed by atoms with E-state index in [0.717, 1.165) is 23.4 Å². The van der Waals surface area contributed by atoms with Gasteiger partial charge >= 0.3 is 0 Å². The van der Waals surface area contributed by atoms with E-state index in [4.69, 9.17) is 0 Å². The minimum atomic E-state index is -3.94. The summed E-state index contributed by atoms with van der Waals surface area (Å²) in [6.45, 7) is 6.49. The van der Waals surface area contributed by atoms with Crippen molar-refractivity contribution in [2.75, 3.05) is 18.4 Å². The van der Waals surface area contributed by atoms with E-state index in [1.165, 1.54) is 4.31 Å². The Hall–Kier alpha value is -2.32. The molecule has 1 aliphatic rings. The molecule has 1 N–H and O–H groups in total. The number of carbonyl (C=O) groups is 1. The lowest BCUT2D eigenvalue weighted by Gasteiger charge is -2.31. The second kappa shape index (κ2) is 8.43. The Morgan fingerprint density at radius 1 is 1.03 bits per heavy atom. The van der Waals surface area contributed by atoms with Crippen LogP contribution < -0.4 is 5.32 Å². The third kappa shape index (κ3) is 4.70. The van der Waals surface area contributed by atoms with E-state index in [0.29, 0.717) is 18.9 Å². The van der Waals surface area contributed by atoms with Crippen molar-refractivity contribution in [1.29, 1.82) is 0 Å². The van der Waals surface area contributed by atoms with Crippen molar-refractivity contribution in [3.05, 3.63) is 59.7 Å². The van der Waals surface area contributed by atoms with Crippen molar-refractivity contribution in [1.82, 2.24) is 4.31 Å². The molecule has 1 heterocycles. The third-order valence-electron chi connectivity index (χ3n) is 5.35. The van der Waals surface area contributed by atoms with Crippen molar-refractivity contribution in [3.63, 3.8) is 0 Å². The zero-order chi connectivity index (χ0) is 22.1. The van der Waals surface area contributed by atoms with Crippen LogP contribution in [0, 0.1) is 17.6 Å². The van der Waals surface area contributed by atoms with Gasteiger partial charge in [0.2, 0.25) is 15.9 Å². The van der Waals surface area contributed by atoms with Crippen LogP contribution >= 0.6 is 0 Å². The molecule has 0 bridgehead atoms. The average Bonchev–Trinajstić information content (AvgIpc) is 2.69. The first-order chi connectivity index (χ1) is 14.0. The number of amides is 1. The number of nitrogens with one attached hydrogen (secondary N) is 1. The van der Waals surface area contributed by atoms with E-state index < -0.39 is 21.7 Å². The van der Waals surface area contributed by atoms with Crippen molar-refractivity contribution < 1.29 is 22.0 Å². The van der Waals surface area contributed by atoms with Crippen LogP contribution in [0.3, 0.4) is 0 Å². The second-order valence-electron chi connectivity index (χ2n) is 8.54. The van der Waals surface area contributed by atoms with Crippen LogP contribution in [0.25, 0.3) is 0 Å². The van der Waals surface area contributed by atoms with Gasteiger partial charge in [0.1, 0.15) is 0 Å². The highest BCUT2D eigenvalue weighted by Crippen LogP contribution is 2.31. The van der Waals surface area contributed by atoms with Gasteiger partial charge in [-0.3, -0.25) is 4.79 Å². The number of carbonyl (C=O) groups excluding carboxylic acids is 1. The summed E-state index contributed by atoms with van der Waals surface area (Å²) in [4.78, 5) is 12.5. The number of rotatable bonds is 4. The quantitative estimate of drug-likeness (QED) is 0.777. The first kappa shape index (κ1) is 22.4. The SMILES string of the molecule is CC(C)(C)c1ccccc1NC(=O)C1CCN(S(=O)(=O)c2ccc(F)c(F)c2)CC1. The van der Waals surface area contributed by atoms with Gasteiger partial charge in [-0.2, -0.15) is 4.31 Å². The summed E-state index contributed by atoms with van der Waals surface area (Å²) in [6.07, 6.45) is 0.707. The molecule has 3 rings (SSSR count). The van der Waals surface area contributed by atoms with E-state index in [1.54, 1.807) is 0 Å². The molecule has 2 aromatic rings. The maximum absolute atomic E-state index is 13.5. The highest BCUT2D eigenvalue weighted by Gasteiger charge is 2.33. The zero-order valence-electron chi connectivity index (χ0n) is 17.3. The number of hydrogen-bond acceptors (Lipinski definition) is 3. The molecule has 0 aromatic heterocycles. The second-order valence-corrected chi connectivity index (χ2v) is 10.5. The number of sulfonamides is 1. The van der Waals surface area contributed by atoms with Gasteiger partial charge in [-0.25, -0.2) is 17.2 Å². The van der Waals surface area contributed by atoms with Crippen LogP contribution in [0.1, 0.15) is 39.2 Å². The fourth-order valence-electron chi connectivity index (χ4n) is 3.63. The maximum atomic E-state index is 13.5. The Morgan fingerprint density at radius 3 is 2.27 bits per heavy atom. The van der Waals surface area contributed by atoms with E-state index >= 15 is 0 Å². The predicted octanol–water partition coefficient (Wildman–Crippen LogP) is 4.30. The normalized spacial score (nSPS) is 16.4. The number of halogens is 2. The highest BCUT2D eigenvalue weighted by atomic mass is 32.2. The molecule has 0 radical (unpaired) electrons. The van der Waals surface area contributed by atoms with Crippen molar-refractivity contribution >= 4 is 21.6 Å². The Balaban J connectivity index is 1.67. The van der Waals surface area contributed by atoms with Gasteiger partial charge in [-0.15, -0.1) is 0 Å². The number of nitrogens with zero attached hydrogens (tertiary/aromatic N) is 1. The summed E-state index contributed by atoms with van der Waals surface area (Å²) in [5.74, 6) is -2.77. The van der Waals surface area contributed by atoms with Gasteiger partial charge in [0.25, 0.3) is 0 Å². The monoisotopic (exact) mass is 436 g/mol. The van der Waals surface area contributed by atoms with E-state index in [-0.39, 0.29) is 35.2 Å². The summed E-state index contributed by atoms with van der Waals surface area (Å²) in [5.41, 5.74) is 1.65. The molecule has 1 fully saturated rings. The molecule has 0 aliphatic carbocycles. The molecule has 0 saturated carbocycles. The van der Waals surface area contributed by atoms with Crippen LogP contribution in [0.4, 0.5) is 14.5 Å². The number of piperidine rings is 1. The molecule has 5 nitrogen and oxygen atoms in total. The molecule has 30 heavy (non-hydrogen) atoms. The van der Waals surface area contributed by atoms with Gasteiger partial charge < -0.3 is 5.32 Å². The Kier molecular flexibility index (Phi) is 6.29. The first-order valence-electron chi connectivity index (χ1n) is 9.86. The molecule has 0 atom stereocenters. The summed E-state index contributed by atoms with van der Waals surface area (Å²) < 4.78 is 53.2. The number of anilines is 1. The fourth-order valence-corrected chi connectivity index (χ4v) is 5.11. The molecule has 1 amide bonds. The first-order valence-corrected chi connectivity index (χ1v) is 11.3. The van der Waals surface area contributed by atoms with E-state index in [2.05, 4.69) is 26.1 Å². The molecule has 162 valence electrons. The molecule has 8 heteroatoms. The molecular weight excluding hydrogens is 410 g/mol. The molecular formula is C22H26F2N2O3S. The fraction of sp³-hybridized carbons (Fsp3) is 0.409. The molecule has 1 aliphatic heterocycles. The van der Waals surface area contributed by atoms with Gasteiger partial charge in [-0.1, -0.05) is 39.0 Å². The van der Waals surface area contributed by atoms with Crippen molar-refractivity contribution in [2.45, 2.75) is 43.9 Å². The summed E-state index contributed by atoms with van der Waals surface area (Å²) in [5, 5.41) is 2.99. The summed E-state index contributed by atoms with van der Waals surface area (Å²) in [7, 11) is -3.94. The maximum Gasteiger partial charge on any atom is 0.243 e. The predicted molar refractivity (Wildman–Crippen MR) is 112 cm³/mol. The van der Waals surface area contributed by atoms with Gasteiger partial charge in [0.15, 0.2) is 11.6 Å². The van der Waals surface area contributed by atoms with Crippen molar-refractivity contribution in [3.8, 4) is 0 Å². The Labute approximate surface area is 176 Å². The van der Waals surface area contributed by atoms with Crippen LogP contribution in [-0.4, -0.2) is 31.7 Å². The smallest absolute Gasteiger partial charge is 0.243 e. The lowest BCUT2D eigenvalue weighted by molar-refractivity contribution is -0.120.